The normalized spacial score (nSPS) is 9.61. The minimum atomic E-state index is -0.00166. The van der Waals surface area contributed by atoms with Gasteiger partial charge in [-0.05, 0) is 31.2 Å². The highest BCUT2D eigenvalue weighted by Crippen LogP contribution is 2.06. The highest BCUT2D eigenvalue weighted by Gasteiger charge is 2.06. The summed E-state index contributed by atoms with van der Waals surface area (Å²) in [7, 11) is 0. The molecule has 0 aliphatic heterocycles. The second kappa shape index (κ2) is 5.88. The maximum Gasteiger partial charge on any atom is 0.198 e. The van der Waals surface area contributed by atoms with Gasteiger partial charge in [0.1, 0.15) is 0 Å². The first kappa shape index (κ1) is 12.2. The van der Waals surface area contributed by atoms with E-state index in [4.69, 9.17) is 4.42 Å². The fourth-order valence-corrected chi connectivity index (χ4v) is 1.54. The lowest BCUT2D eigenvalue weighted by atomic mass is 10.1. The Kier molecular flexibility index (Phi) is 3.98. The van der Waals surface area contributed by atoms with E-state index in [9.17, 15) is 4.79 Å². The van der Waals surface area contributed by atoms with Crippen LogP contribution in [0, 0.1) is 18.8 Å². The molecule has 0 atom stereocenters. The highest BCUT2D eigenvalue weighted by molar-refractivity contribution is 5.93. The molecular formula is C16H14O2. The van der Waals surface area contributed by atoms with Crippen molar-refractivity contribution in [2.75, 3.05) is 0 Å². The van der Waals surface area contributed by atoms with Gasteiger partial charge in [0.2, 0.25) is 0 Å². The van der Waals surface area contributed by atoms with Crippen molar-refractivity contribution in [1.82, 2.24) is 0 Å². The molecule has 90 valence electrons. The Hall–Kier alpha value is -2.27. The number of benzene rings is 1. The van der Waals surface area contributed by atoms with Crippen LogP contribution in [0.3, 0.4) is 0 Å². The van der Waals surface area contributed by atoms with Crippen molar-refractivity contribution in [3.05, 3.63) is 59.5 Å². The molecule has 1 heterocycles. The second-order valence-electron chi connectivity index (χ2n) is 4.07. The van der Waals surface area contributed by atoms with Gasteiger partial charge in [-0.2, -0.15) is 0 Å². The quantitative estimate of drug-likeness (QED) is 0.604. The van der Waals surface area contributed by atoms with Crippen LogP contribution in [0.5, 0.6) is 0 Å². The van der Waals surface area contributed by atoms with E-state index < -0.39 is 0 Å². The fraction of sp³-hybridized carbons (Fsp3) is 0.188. The molecular weight excluding hydrogens is 224 g/mol. The molecule has 2 heteroatoms. The molecule has 18 heavy (non-hydrogen) atoms. The Labute approximate surface area is 107 Å². The first-order chi connectivity index (χ1) is 8.75. The number of hydrogen-bond acceptors (Lipinski definition) is 2. The molecule has 2 rings (SSSR count). The molecule has 1 aromatic heterocycles. The standard InChI is InChI=1S/C16H14O2/c1-13-8-10-14(11-9-13)5-2-3-6-15(17)16-7-4-12-18-16/h4,7-12H,3,6H2,1H3. The lowest BCUT2D eigenvalue weighted by Crippen LogP contribution is -1.95. The topological polar surface area (TPSA) is 30.2 Å². The smallest absolute Gasteiger partial charge is 0.198 e. The van der Waals surface area contributed by atoms with Crippen LogP contribution < -0.4 is 0 Å². The van der Waals surface area contributed by atoms with E-state index in [-0.39, 0.29) is 5.78 Å². The summed E-state index contributed by atoms with van der Waals surface area (Å²) in [4.78, 5) is 11.6. The Morgan fingerprint density at radius 3 is 2.67 bits per heavy atom. The lowest BCUT2D eigenvalue weighted by Gasteiger charge is -1.92. The minimum Gasteiger partial charge on any atom is -0.461 e. The van der Waals surface area contributed by atoms with E-state index in [1.807, 2.05) is 31.2 Å². The van der Waals surface area contributed by atoms with Crippen molar-refractivity contribution in [3.63, 3.8) is 0 Å². The average Bonchev–Trinajstić information content (AvgIpc) is 2.90. The predicted molar refractivity (Wildman–Crippen MR) is 70.3 cm³/mol. The average molecular weight is 238 g/mol. The van der Waals surface area contributed by atoms with Gasteiger partial charge in [-0.1, -0.05) is 29.5 Å². The van der Waals surface area contributed by atoms with Gasteiger partial charge in [-0.25, -0.2) is 0 Å². The zero-order valence-corrected chi connectivity index (χ0v) is 10.3. The van der Waals surface area contributed by atoms with Crippen LogP contribution in [0.25, 0.3) is 0 Å². The first-order valence-electron chi connectivity index (χ1n) is 5.88. The largest absolute Gasteiger partial charge is 0.461 e. The molecule has 0 fully saturated rings. The number of furan rings is 1. The number of hydrogen-bond donors (Lipinski definition) is 0. The van der Waals surface area contributed by atoms with Gasteiger partial charge < -0.3 is 4.42 Å². The molecule has 0 radical (unpaired) electrons. The van der Waals surface area contributed by atoms with Gasteiger partial charge >= 0.3 is 0 Å². The summed E-state index contributed by atoms with van der Waals surface area (Å²) in [6.45, 7) is 2.04. The number of Topliss-reactive ketones (excluding diaryl/α,β-unsaturated/α-hetero) is 1. The molecule has 0 saturated carbocycles. The summed E-state index contributed by atoms with van der Waals surface area (Å²) < 4.78 is 5.03. The molecule has 0 N–H and O–H groups in total. The lowest BCUT2D eigenvalue weighted by molar-refractivity contribution is 0.0957. The summed E-state index contributed by atoms with van der Waals surface area (Å²) >= 11 is 0. The summed E-state index contributed by atoms with van der Waals surface area (Å²) in [6.07, 6.45) is 2.45. The van der Waals surface area contributed by atoms with E-state index in [1.54, 1.807) is 12.1 Å². The van der Waals surface area contributed by atoms with Crippen molar-refractivity contribution < 1.29 is 9.21 Å². The molecule has 1 aromatic carbocycles. The van der Waals surface area contributed by atoms with Crippen molar-refractivity contribution in [1.29, 1.82) is 0 Å². The summed E-state index contributed by atoms with van der Waals surface area (Å²) in [5.74, 6) is 6.45. The number of carbonyl (C=O) groups is 1. The zero-order chi connectivity index (χ0) is 12.8. The summed E-state index contributed by atoms with van der Waals surface area (Å²) in [5, 5.41) is 0. The van der Waals surface area contributed by atoms with Crippen molar-refractivity contribution >= 4 is 5.78 Å². The molecule has 2 nitrogen and oxygen atoms in total. The van der Waals surface area contributed by atoms with E-state index in [0.29, 0.717) is 18.6 Å². The minimum absolute atomic E-state index is 0.00166. The van der Waals surface area contributed by atoms with Crippen molar-refractivity contribution in [3.8, 4) is 11.8 Å². The van der Waals surface area contributed by atoms with E-state index >= 15 is 0 Å². The Morgan fingerprint density at radius 1 is 1.22 bits per heavy atom. The van der Waals surface area contributed by atoms with Gasteiger partial charge in [-0.3, -0.25) is 4.79 Å². The Balaban J connectivity index is 1.86. The second-order valence-corrected chi connectivity index (χ2v) is 4.07. The van der Waals surface area contributed by atoms with Crippen molar-refractivity contribution in [2.24, 2.45) is 0 Å². The third-order valence-corrected chi connectivity index (χ3v) is 2.56. The third kappa shape index (κ3) is 3.36. The Morgan fingerprint density at radius 2 is 2.00 bits per heavy atom. The summed E-state index contributed by atoms with van der Waals surface area (Å²) in [5.41, 5.74) is 2.19. The molecule has 2 aromatic rings. The van der Waals surface area contributed by atoms with E-state index in [1.165, 1.54) is 11.8 Å². The predicted octanol–water partition coefficient (Wildman–Crippen LogP) is 3.60. The van der Waals surface area contributed by atoms with Gasteiger partial charge in [0.15, 0.2) is 11.5 Å². The van der Waals surface area contributed by atoms with E-state index in [0.717, 1.165) is 5.56 Å². The number of aryl methyl sites for hydroxylation is 1. The van der Waals surface area contributed by atoms with Crippen LogP contribution in [0.2, 0.25) is 0 Å². The Bertz CT molecular complexity index is 566. The van der Waals surface area contributed by atoms with Crippen LogP contribution in [0.1, 0.15) is 34.5 Å². The number of ketones is 1. The molecule has 0 aliphatic rings. The third-order valence-electron chi connectivity index (χ3n) is 2.56. The zero-order valence-electron chi connectivity index (χ0n) is 10.3. The maximum atomic E-state index is 11.6. The van der Waals surface area contributed by atoms with Crippen LogP contribution in [-0.4, -0.2) is 5.78 Å². The molecule has 0 spiro atoms. The van der Waals surface area contributed by atoms with Crippen LogP contribution >= 0.6 is 0 Å². The van der Waals surface area contributed by atoms with Crippen LogP contribution in [-0.2, 0) is 0 Å². The van der Waals surface area contributed by atoms with E-state index in [2.05, 4.69) is 11.8 Å². The van der Waals surface area contributed by atoms with Gasteiger partial charge in [0, 0.05) is 18.4 Å². The molecule has 0 saturated heterocycles. The van der Waals surface area contributed by atoms with Crippen LogP contribution in [0.15, 0.2) is 47.1 Å². The van der Waals surface area contributed by atoms with Crippen LogP contribution in [0.4, 0.5) is 0 Å². The highest BCUT2D eigenvalue weighted by atomic mass is 16.3. The number of rotatable bonds is 3. The molecule has 0 amide bonds. The first-order valence-corrected chi connectivity index (χ1v) is 5.88. The summed E-state index contributed by atoms with van der Waals surface area (Å²) in [6, 6.07) is 11.4. The molecule has 0 unspecified atom stereocenters. The van der Waals surface area contributed by atoms with Gasteiger partial charge in [0.25, 0.3) is 0 Å². The number of carbonyl (C=O) groups excluding carboxylic acids is 1. The van der Waals surface area contributed by atoms with Gasteiger partial charge in [-0.15, -0.1) is 0 Å². The molecule has 0 bridgehead atoms. The SMILES string of the molecule is Cc1ccc(C#CCCC(=O)c2ccco2)cc1. The monoisotopic (exact) mass is 238 g/mol. The molecule has 0 aliphatic carbocycles. The van der Waals surface area contributed by atoms with Gasteiger partial charge in [0.05, 0.1) is 6.26 Å². The van der Waals surface area contributed by atoms with Crippen molar-refractivity contribution in [2.45, 2.75) is 19.8 Å². The maximum absolute atomic E-state index is 11.6. The fourth-order valence-electron chi connectivity index (χ4n) is 1.54.